The number of nitrogens with one attached hydrogen (secondary N) is 1. The molecule has 118 valence electrons. The van der Waals surface area contributed by atoms with Crippen molar-refractivity contribution in [3.63, 3.8) is 0 Å². The Morgan fingerprint density at radius 2 is 2.14 bits per heavy atom. The van der Waals surface area contributed by atoms with E-state index in [1.807, 2.05) is 20.8 Å². The highest BCUT2D eigenvalue weighted by atomic mass is 16.6. The van der Waals surface area contributed by atoms with Gasteiger partial charge in [0.25, 0.3) is 0 Å². The number of hydrogen-bond donors (Lipinski definition) is 2. The molecule has 21 heavy (non-hydrogen) atoms. The first kappa shape index (κ1) is 16.9. The van der Waals surface area contributed by atoms with E-state index in [1.165, 1.54) is 4.68 Å². The number of aromatic nitrogens is 2. The van der Waals surface area contributed by atoms with Gasteiger partial charge in [-0.25, -0.2) is 4.68 Å². The van der Waals surface area contributed by atoms with Crippen molar-refractivity contribution >= 4 is 17.5 Å². The quantitative estimate of drug-likeness (QED) is 0.563. The van der Waals surface area contributed by atoms with Gasteiger partial charge >= 0.3 is 11.7 Å². The van der Waals surface area contributed by atoms with Crippen molar-refractivity contribution in [3.8, 4) is 0 Å². The van der Waals surface area contributed by atoms with E-state index >= 15 is 0 Å². The molecule has 1 aromatic rings. The van der Waals surface area contributed by atoms with E-state index < -0.39 is 16.8 Å². The lowest BCUT2D eigenvalue weighted by molar-refractivity contribution is -0.384. The molecule has 8 heteroatoms. The molecule has 0 aliphatic carbocycles. The lowest BCUT2D eigenvalue weighted by atomic mass is 10.0. The summed E-state index contributed by atoms with van der Waals surface area (Å²) in [7, 11) is 0. The van der Waals surface area contributed by atoms with Crippen molar-refractivity contribution in [1.82, 2.24) is 9.78 Å². The van der Waals surface area contributed by atoms with Crippen LogP contribution >= 0.6 is 0 Å². The van der Waals surface area contributed by atoms with Crippen molar-refractivity contribution < 1.29 is 14.8 Å². The zero-order valence-corrected chi connectivity index (χ0v) is 12.8. The van der Waals surface area contributed by atoms with Crippen LogP contribution < -0.4 is 5.32 Å². The lowest BCUT2D eigenvalue weighted by Crippen LogP contribution is -2.24. The molecule has 1 atom stereocenters. The van der Waals surface area contributed by atoms with Crippen molar-refractivity contribution in [1.29, 1.82) is 0 Å². The Morgan fingerprint density at radius 1 is 1.52 bits per heavy atom. The third kappa shape index (κ3) is 3.93. The Kier molecular flexibility index (Phi) is 5.69. The number of carboxylic acids is 1. The second-order valence-electron chi connectivity index (χ2n) is 5.28. The van der Waals surface area contributed by atoms with E-state index in [-0.39, 0.29) is 24.1 Å². The first-order chi connectivity index (χ1) is 9.79. The van der Waals surface area contributed by atoms with Gasteiger partial charge in [0, 0.05) is 12.6 Å². The van der Waals surface area contributed by atoms with Gasteiger partial charge in [-0.1, -0.05) is 13.3 Å². The van der Waals surface area contributed by atoms with Gasteiger partial charge < -0.3 is 10.4 Å². The van der Waals surface area contributed by atoms with Crippen LogP contribution in [0, 0.1) is 23.0 Å². The molecule has 0 fully saturated rings. The summed E-state index contributed by atoms with van der Waals surface area (Å²) in [5.74, 6) is -1.21. The maximum Gasteiger partial charge on any atom is 0.333 e. The molecule has 8 nitrogen and oxygen atoms in total. The van der Waals surface area contributed by atoms with E-state index in [9.17, 15) is 14.9 Å². The molecule has 1 heterocycles. The van der Waals surface area contributed by atoms with Crippen LogP contribution in [-0.4, -0.2) is 32.3 Å². The van der Waals surface area contributed by atoms with E-state index in [0.29, 0.717) is 12.1 Å². The predicted molar refractivity (Wildman–Crippen MR) is 78.5 cm³/mol. The standard InChI is InChI=1S/C13H22N4O4/c1-5-6-10(13(18)19)7-14-12-11(17(20)21)9(4)15-16(12)8(2)3/h8,10,14H,5-7H2,1-4H3,(H,18,19). The summed E-state index contributed by atoms with van der Waals surface area (Å²) in [4.78, 5) is 21.8. The van der Waals surface area contributed by atoms with Gasteiger partial charge in [-0.15, -0.1) is 0 Å². The summed E-state index contributed by atoms with van der Waals surface area (Å²) in [5, 5.41) is 27.4. The van der Waals surface area contributed by atoms with Crippen molar-refractivity contribution in [2.75, 3.05) is 11.9 Å². The van der Waals surface area contributed by atoms with Gasteiger partial charge in [0.1, 0.15) is 5.69 Å². The molecular weight excluding hydrogens is 276 g/mol. The third-order valence-corrected chi connectivity index (χ3v) is 3.23. The van der Waals surface area contributed by atoms with Crippen molar-refractivity contribution in [3.05, 3.63) is 15.8 Å². The largest absolute Gasteiger partial charge is 0.481 e. The van der Waals surface area contributed by atoms with Gasteiger partial charge in [-0.3, -0.25) is 14.9 Å². The number of carbonyl (C=O) groups is 1. The lowest BCUT2D eigenvalue weighted by Gasteiger charge is -2.15. The summed E-state index contributed by atoms with van der Waals surface area (Å²) >= 11 is 0. The van der Waals surface area contributed by atoms with Crippen LogP contribution in [0.2, 0.25) is 0 Å². The number of rotatable bonds is 8. The highest BCUT2D eigenvalue weighted by molar-refractivity contribution is 5.71. The second-order valence-corrected chi connectivity index (χ2v) is 5.28. The van der Waals surface area contributed by atoms with Gasteiger partial charge in [0.05, 0.1) is 10.8 Å². The van der Waals surface area contributed by atoms with Gasteiger partial charge in [-0.2, -0.15) is 5.10 Å². The smallest absolute Gasteiger partial charge is 0.333 e. The fourth-order valence-corrected chi connectivity index (χ4v) is 2.18. The van der Waals surface area contributed by atoms with Crippen molar-refractivity contribution in [2.24, 2.45) is 5.92 Å². The fraction of sp³-hybridized carbons (Fsp3) is 0.692. The SMILES string of the molecule is CCCC(CNc1c([N+](=O)[O-])c(C)nn1C(C)C)C(=O)O. The average molecular weight is 298 g/mol. The predicted octanol–water partition coefficient (Wildman–Crippen LogP) is 2.59. The number of hydrogen-bond acceptors (Lipinski definition) is 5. The van der Waals surface area contributed by atoms with E-state index in [2.05, 4.69) is 10.4 Å². The monoisotopic (exact) mass is 298 g/mol. The Labute approximate surface area is 123 Å². The molecule has 0 spiro atoms. The van der Waals surface area contributed by atoms with Gasteiger partial charge in [0.2, 0.25) is 5.82 Å². The molecule has 1 unspecified atom stereocenters. The third-order valence-electron chi connectivity index (χ3n) is 3.23. The summed E-state index contributed by atoms with van der Waals surface area (Å²) in [6.07, 6.45) is 1.26. The molecular formula is C13H22N4O4. The van der Waals surface area contributed by atoms with E-state index in [1.54, 1.807) is 6.92 Å². The Hall–Kier alpha value is -2.12. The molecule has 1 aromatic heterocycles. The first-order valence-electron chi connectivity index (χ1n) is 6.99. The maximum atomic E-state index is 11.2. The minimum atomic E-state index is -0.903. The molecule has 0 aromatic carbocycles. The van der Waals surface area contributed by atoms with Crippen LogP contribution in [0.4, 0.5) is 11.5 Å². The zero-order valence-electron chi connectivity index (χ0n) is 12.8. The van der Waals surface area contributed by atoms with E-state index in [4.69, 9.17) is 5.11 Å². The van der Waals surface area contributed by atoms with Crippen LogP contribution in [0.5, 0.6) is 0 Å². The maximum absolute atomic E-state index is 11.2. The second kappa shape index (κ2) is 7.05. The Bertz CT molecular complexity index is 524. The molecule has 0 aliphatic rings. The molecule has 0 radical (unpaired) electrons. The molecule has 0 amide bonds. The summed E-state index contributed by atoms with van der Waals surface area (Å²) in [5.41, 5.74) is 0.225. The number of anilines is 1. The zero-order chi connectivity index (χ0) is 16.2. The minimum absolute atomic E-state index is 0.0608. The molecule has 0 bridgehead atoms. The van der Waals surface area contributed by atoms with Crippen molar-refractivity contribution in [2.45, 2.75) is 46.6 Å². The van der Waals surface area contributed by atoms with Crippen LogP contribution in [0.15, 0.2) is 0 Å². The highest BCUT2D eigenvalue weighted by Crippen LogP contribution is 2.30. The van der Waals surface area contributed by atoms with Crippen LogP contribution in [0.25, 0.3) is 0 Å². The Morgan fingerprint density at radius 3 is 2.57 bits per heavy atom. The first-order valence-corrected chi connectivity index (χ1v) is 6.99. The summed E-state index contributed by atoms with van der Waals surface area (Å²) in [6, 6.07) is -0.0608. The number of aryl methyl sites for hydroxylation is 1. The van der Waals surface area contributed by atoms with E-state index in [0.717, 1.165) is 6.42 Å². The average Bonchev–Trinajstić information content (AvgIpc) is 2.71. The number of aliphatic carboxylic acids is 1. The van der Waals surface area contributed by atoms with Crippen LogP contribution in [0.3, 0.4) is 0 Å². The Balaban J connectivity index is 3.05. The summed E-state index contributed by atoms with van der Waals surface area (Å²) in [6.45, 7) is 7.34. The normalized spacial score (nSPS) is 12.4. The number of nitrogens with zero attached hydrogens (tertiary/aromatic N) is 3. The molecule has 1 rings (SSSR count). The highest BCUT2D eigenvalue weighted by Gasteiger charge is 2.27. The molecule has 0 aliphatic heterocycles. The number of nitro groups is 1. The van der Waals surface area contributed by atoms with Gasteiger partial charge in [0.15, 0.2) is 0 Å². The minimum Gasteiger partial charge on any atom is -0.481 e. The molecule has 2 N–H and O–H groups in total. The topological polar surface area (TPSA) is 110 Å². The van der Waals surface area contributed by atoms with Crippen LogP contribution in [0.1, 0.15) is 45.3 Å². The number of carboxylic acid groups (broad SMARTS) is 1. The molecule has 0 saturated heterocycles. The fourth-order valence-electron chi connectivity index (χ4n) is 2.18. The molecule has 0 saturated carbocycles. The van der Waals surface area contributed by atoms with Crippen LogP contribution in [-0.2, 0) is 4.79 Å². The van der Waals surface area contributed by atoms with Gasteiger partial charge in [-0.05, 0) is 27.2 Å². The summed E-state index contributed by atoms with van der Waals surface area (Å²) < 4.78 is 1.53.